The zero-order valence-electron chi connectivity index (χ0n) is 11.3. The maximum absolute atomic E-state index is 13.6. The lowest BCUT2D eigenvalue weighted by atomic mass is 10.2. The summed E-state index contributed by atoms with van der Waals surface area (Å²) >= 11 is 0. The minimum Gasteiger partial charge on any atom is -0.484 e. The number of anilines is 2. The van der Waals surface area contributed by atoms with E-state index < -0.39 is 17.5 Å². The van der Waals surface area contributed by atoms with Crippen LogP contribution >= 0.6 is 0 Å². The Balaban J connectivity index is 1.96. The number of amides is 1. The molecular formula is C15H14F2N2O2. The van der Waals surface area contributed by atoms with Crippen molar-refractivity contribution >= 4 is 17.3 Å². The molecule has 1 amide bonds. The van der Waals surface area contributed by atoms with E-state index in [1.807, 2.05) is 0 Å². The van der Waals surface area contributed by atoms with Gasteiger partial charge in [-0.3, -0.25) is 4.79 Å². The van der Waals surface area contributed by atoms with Crippen LogP contribution in [0.1, 0.15) is 5.56 Å². The predicted molar refractivity (Wildman–Crippen MR) is 76.1 cm³/mol. The molecule has 0 aliphatic rings. The van der Waals surface area contributed by atoms with E-state index in [-0.39, 0.29) is 17.9 Å². The van der Waals surface area contributed by atoms with Crippen LogP contribution in [0.5, 0.6) is 5.75 Å². The van der Waals surface area contributed by atoms with Crippen molar-refractivity contribution in [3.8, 4) is 5.75 Å². The minimum atomic E-state index is -0.699. The van der Waals surface area contributed by atoms with Gasteiger partial charge in [-0.05, 0) is 42.8 Å². The average molecular weight is 292 g/mol. The maximum atomic E-state index is 13.6. The van der Waals surface area contributed by atoms with Crippen molar-refractivity contribution < 1.29 is 18.3 Å². The highest BCUT2D eigenvalue weighted by Crippen LogP contribution is 2.19. The third-order valence-corrected chi connectivity index (χ3v) is 2.77. The Morgan fingerprint density at radius 1 is 1.19 bits per heavy atom. The molecule has 21 heavy (non-hydrogen) atoms. The van der Waals surface area contributed by atoms with E-state index in [1.54, 1.807) is 24.3 Å². The van der Waals surface area contributed by atoms with Gasteiger partial charge >= 0.3 is 0 Å². The van der Waals surface area contributed by atoms with Crippen molar-refractivity contribution in [1.82, 2.24) is 0 Å². The van der Waals surface area contributed by atoms with E-state index in [1.165, 1.54) is 6.92 Å². The van der Waals surface area contributed by atoms with E-state index >= 15 is 0 Å². The van der Waals surface area contributed by atoms with Gasteiger partial charge in [0.15, 0.2) is 6.61 Å². The van der Waals surface area contributed by atoms with Gasteiger partial charge in [0.2, 0.25) is 0 Å². The fourth-order valence-corrected chi connectivity index (χ4v) is 1.64. The Kier molecular flexibility index (Phi) is 4.37. The Morgan fingerprint density at radius 3 is 2.52 bits per heavy atom. The molecule has 2 rings (SSSR count). The van der Waals surface area contributed by atoms with Crippen LogP contribution in [0.15, 0.2) is 36.4 Å². The van der Waals surface area contributed by atoms with Gasteiger partial charge in [-0.1, -0.05) is 0 Å². The lowest BCUT2D eigenvalue weighted by molar-refractivity contribution is -0.118. The minimum absolute atomic E-state index is 0.170. The number of nitrogens with two attached hydrogens (primary N) is 1. The molecule has 0 saturated heterocycles. The summed E-state index contributed by atoms with van der Waals surface area (Å²) < 4.78 is 32.1. The molecule has 2 aromatic rings. The van der Waals surface area contributed by atoms with E-state index in [9.17, 15) is 13.6 Å². The van der Waals surface area contributed by atoms with Gasteiger partial charge in [-0.15, -0.1) is 0 Å². The molecule has 110 valence electrons. The molecule has 0 heterocycles. The number of hydrogen-bond acceptors (Lipinski definition) is 3. The second-order valence-electron chi connectivity index (χ2n) is 4.49. The first-order valence-electron chi connectivity index (χ1n) is 6.19. The molecule has 0 saturated carbocycles. The largest absolute Gasteiger partial charge is 0.484 e. The molecule has 4 nitrogen and oxygen atoms in total. The Hall–Kier alpha value is -2.63. The number of ether oxygens (including phenoxy) is 1. The zero-order chi connectivity index (χ0) is 15.4. The number of carbonyl (C=O) groups is 1. The van der Waals surface area contributed by atoms with E-state index in [0.29, 0.717) is 11.4 Å². The van der Waals surface area contributed by atoms with E-state index in [4.69, 9.17) is 10.5 Å². The van der Waals surface area contributed by atoms with Crippen LogP contribution < -0.4 is 15.8 Å². The molecule has 0 bridgehead atoms. The molecular weight excluding hydrogens is 278 g/mol. The highest BCUT2D eigenvalue weighted by atomic mass is 19.1. The molecule has 0 unspecified atom stereocenters. The van der Waals surface area contributed by atoms with Gasteiger partial charge in [0, 0.05) is 11.8 Å². The van der Waals surface area contributed by atoms with Gasteiger partial charge in [-0.25, -0.2) is 8.78 Å². The van der Waals surface area contributed by atoms with Crippen molar-refractivity contribution in [1.29, 1.82) is 0 Å². The van der Waals surface area contributed by atoms with Crippen LogP contribution in [0.25, 0.3) is 0 Å². The molecule has 0 spiro atoms. The van der Waals surface area contributed by atoms with Crippen molar-refractivity contribution in [2.24, 2.45) is 0 Å². The van der Waals surface area contributed by atoms with Crippen molar-refractivity contribution in [3.05, 3.63) is 53.6 Å². The monoisotopic (exact) mass is 292 g/mol. The smallest absolute Gasteiger partial charge is 0.262 e. The van der Waals surface area contributed by atoms with Gasteiger partial charge in [0.25, 0.3) is 5.91 Å². The summed E-state index contributed by atoms with van der Waals surface area (Å²) in [5.41, 5.74) is 6.04. The first-order valence-corrected chi connectivity index (χ1v) is 6.19. The Labute approximate surface area is 120 Å². The fourth-order valence-electron chi connectivity index (χ4n) is 1.64. The van der Waals surface area contributed by atoms with Gasteiger partial charge in [0.1, 0.15) is 17.4 Å². The summed E-state index contributed by atoms with van der Waals surface area (Å²) in [6.07, 6.45) is 0. The number of nitrogens with one attached hydrogen (secondary N) is 1. The summed E-state index contributed by atoms with van der Waals surface area (Å²) in [7, 11) is 0. The highest BCUT2D eigenvalue weighted by Gasteiger charge is 2.11. The second kappa shape index (κ2) is 6.21. The summed E-state index contributed by atoms with van der Waals surface area (Å²) in [6, 6.07) is 8.42. The van der Waals surface area contributed by atoms with Crippen LogP contribution in [-0.2, 0) is 4.79 Å². The molecule has 3 N–H and O–H groups in total. The van der Waals surface area contributed by atoms with Crippen molar-refractivity contribution in [2.75, 3.05) is 17.7 Å². The van der Waals surface area contributed by atoms with Gasteiger partial charge < -0.3 is 15.8 Å². The first-order chi connectivity index (χ1) is 9.95. The van der Waals surface area contributed by atoms with Crippen LogP contribution in [0.2, 0.25) is 0 Å². The number of nitrogen functional groups attached to an aromatic ring is 1. The van der Waals surface area contributed by atoms with E-state index in [0.717, 1.165) is 12.1 Å². The summed E-state index contributed by atoms with van der Waals surface area (Å²) in [6.45, 7) is 1.12. The zero-order valence-corrected chi connectivity index (χ0v) is 11.3. The summed E-state index contributed by atoms with van der Waals surface area (Å²) in [5, 5.41) is 2.26. The number of rotatable bonds is 4. The number of halogens is 2. The quantitative estimate of drug-likeness (QED) is 0.852. The van der Waals surface area contributed by atoms with Gasteiger partial charge in [0.05, 0.1) is 5.69 Å². The lowest BCUT2D eigenvalue weighted by Crippen LogP contribution is -2.21. The van der Waals surface area contributed by atoms with Crippen LogP contribution in [0.4, 0.5) is 20.2 Å². The summed E-state index contributed by atoms with van der Waals surface area (Å²) in [5.74, 6) is -1.43. The Morgan fingerprint density at radius 2 is 1.86 bits per heavy atom. The molecule has 0 aliphatic carbocycles. The highest BCUT2D eigenvalue weighted by molar-refractivity contribution is 5.92. The van der Waals surface area contributed by atoms with Crippen molar-refractivity contribution in [2.45, 2.75) is 6.92 Å². The molecule has 6 heteroatoms. The topological polar surface area (TPSA) is 64.3 Å². The molecule has 2 aromatic carbocycles. The second-order valence-corrected chi connectivity index (χ2v) is 4.49. The normalized spacial score (nSPS) is 10.2. The SMILES string of the molecule is Cc1cc(F)c(NC(=O)COc2ccc(N)cc2)cc1F. The molecule has 0 atom stereocenters. The van der Waals surface area contributed by atoms with Crippen LogP contribution in [0.3, 0.4) is 0 Å². The standard InChI is InChI=1S/C15H14F2N2O2/c1-9-6-13(17)14(7-12(9)16)19-15(20)8-21-11-4-2-10(18)3-5-11/h2-7H,8,18H2,1H3,(H,19,20). The molecule has 0 aliphatic heterocycles. The fraction of sp³-hybridized carbons (Fsp3) is 0.133. The number of benzene rings is 2. The first kappa shape index (κ1) is 14.8. The lowest BCUT2D eigenvalue weighted by Gasteiger charge is -2.09. The van der Waals surface area contributed by atoms with Crippen LogP contribution in [0, 0.1) is 18.6 Å². The predicted octanol–water partition coefficient (Wildman–Crippen LogP) is 2.87. The number of hydrogen-bond donors (Lipinski definition) is 2. The molecule has 0 radical (unpaired) electrons. The maximum Gasteiger partial charge on any atom is 0.262 e. The number of aryl methyl sites for hydroxylation is 1. The van der Waals surface area contributed by atoms with Gasteiger partial charge in [-0.2, -0.15) is 0 Å². The van der Waals surface area contributed by atoms with E-state index in [2.05, 4.69) is 5.32 Å². The third kappa shape index (κ3) is 3.92. The molecule has 0 aromatic heterocycles. The average Bonchev–Trinajstić information content (AvgIpc) is 2.44. The Bertz CT molecular complexity index is 657. The number of carbonyl (C=O) groups excluding carboxylic acids is 1. The van der Waals surface area contributed by atoms with Crippen LogP contribution in [-0.4, -0.2) is 12.5 Å². The van der Waals surface area contributed by atoms with Crippen molar-refractivity contribution in [3.63, 3.8) is 0 Å². The molecule has 0 fully saturated rings. The summed E-state index contributed by atoms with van der Waals surface area (Å²) in [4.78, 5) is 11.7. The third-order valence-electron chi connectivity index (χ3n) is 2.77.